The molecular formula is C14H15FO3. The largest absolute Gasteiger partial charge is 0.494 e. The number of fused-ring (bicyclic) bond motifs is 1. The van der Waals surface area contributed by atoms with E-state index in [1.807, 2.05) is 6.92 Å². The molecule has 1 aliphatic rings. The molecule has 0 aromatic heterocycles. The molecule has 96 valence electrons. The highest BCUT2D eigenvalue weighted by Crippen LogP contribution is 2.38. The molecule has 0 N–H and O–H groups in total. The van der Waals surface area contributed by atoms with E-state index >= 15 is 0 Å². The number of hydrogen-bond acceptors (Lipinski definition) is 3. The van der Waals surface area contributed by atoms with Crippen LogP contribution in [-0.2, 0) is 16.0 Å². The van der Waals surface area contributed by atoms with E-state index in [-0.39, 0.29) is 24.0 Å². The molecule has 4 heteroatoms. The quantitative estimate of drug-likeness (QED) is 0.774. The van der Waals surface area contributed by atoms with Gasteiger partial charge in [-0.05, 0) is 42.2 Å². The number of carbonyl (C=O) groups is 1. The predicted molar refractivity (Wildman–Crippen MR) is 65.9 cm³/mol. The van der Waals surface area contributed by atoms with E-state index in [0.29, 0.717) is 6.42 Å². The van der Waals surface area contributed by atoms with Crippen molar-refractivity contribution in [2.75, 3.05) is 14.2 Å². The van der Waals surface area contributed by atoms with Crippen LogP contribution in [0.5, 0.6) is 5.75 Å². The summed E-state index contributed by atoms with van der Waals surface area (Å²) in [6.45, 7) is 1.95. The molecular weight excluding hydrogens is 235 g/mol. The summed E-state index contributed by atoms with van der Waals surface area (Å²) in [5, 5.41) is 0. The van der Waals surface area contributed by atoms with E-state index < -0.39 is 0 Å². The number of carbonyl (C=O) groups excluding carboxylic acids is 1. The van der Waals surface area contributed by atoms with Crippen molar-refractivity contribution in [2.24, 2.45) is 0 Å². The van der Waals surface area contributed by atoms with E-state index in [4.69, 9.17) is 4.74 Å². The monoisotopic (exact) mass is 250 g/mol. The van der Waals surface area contributed by atoms with Crippen molar-refractivity contribution in [3.05, 3.63) is 34.6 Å². The van der Waals surface area contributed by atoms with Crippen molar-refractivity contribution in [1.82, 2.24) is 0 Å². The van der Waals surface area contributed by atoms with Crippen LogP contribution in [0.25, 0.3) is 5.57 Å². The lowest BCUT2D eigenvalue weighted by molar-refractivity contribution is -0.139. The Kier molecular flexibility index (Phi) is 3.36. The Morgan fingerprint density at radius 1 is 1.39 bits per heavy atom. The standard InChI is InChI=1S/C14H15FO3/c1-8-4-9-5-12(15)13(17-2)6-11(9)10(8)7-14(16)18-3/h5-6H,4,7H2,1-3H3. The molecule has 1 aromatic carbocycles. The smallest absolute Gasteiger partial charge is 0.309 e. The molecule has 0 radical (unpaired) electrons. The number of rotatable bonds is 3. The minimum absolute atomic E-state index is 0.200. The highest BCUT2D eigenvalue weighted by Gasteiger charge is 2.23. The molecule has 3 nitrogen and oxygen atoms in total. The fraction of sp³-hybridized carbons (Fsp3) is 0.357. The molecule has 0 fully saturated rings. The zero-order chi connectivity index (χ0) is 13.3. The molecule has 0 spiro atoms. The van der Waals surface area contributed by atoms with Crippen molar-refractivity contribution in [2.45, 2.75) is 19.8 Å². The van der Waals surface area contributed by atoms with Gasteiger partial charge in [-0.25, -0.2) is 4.39 Å². The van der Waals surface area contributed by atoms with Gasteiger partial charge in [-0.3, -0.25) is 4.79 Å². The fourth-order valence-corrected chi connectivity index (χ4v) is 2.26. The molecule has 0 saturated heterocycles. The molecule has 0 bridgehead atoms. The normalized spacial score (nSPS) is 13.6. The van der Waals surface area contributed by atoms with Crippen LogP contribution in [-0.4, -0.2) is 20.2 Å². The number of esters is 1. The summed E-state index contributed by atoms with van der Waals surface area (Å²) in [6, 6.07) is 3.13. The van der Waals surface area contributed by atoms with Gasteiger partial charge in [0.05, 0.1) is 20.6 Å². The second-order valence-electron chi connectivity index (χ2n) is 4.33. The van der Waals surface area contributed by atoms with Gasteiger partial charge in [0.25, 0.3) is 0 Å². The molecule has 0 unspecified atom stereocenters. The van der Waals surface area contributed by atoms with Gasteiger partial charge in [-0.2, -0.15) is 0 Å². The lowest BCUT2D eigenvalue weighted by Crippen LogP contribution is -2.02. The third-order valence-electron chi connectivity index (χ3n) is 3.22. The van der Waals surface area contributed by atoms with Crippen LogP contribution in [0.4, 0.5) is 4.39 Å². The summed E-state index contributed by atoms with van der Waals surface area (Å²) in [4.78, 5) is 11.4. The zero-order valence-electron chi connectivity index (χ0n) is 10.7. The van der Waals surface area contributed by atoms with Crippen LogP contribution in [0, 0.1) is 5.82 Å². The Morgan fingerprint density at radius 3 is 2.72 bits per heavy atom. The van der Waals surface area contributed by atoms with Crippen molar-refractivity contribution in [3.63, 3.8) is 0 Å². The summed E-state index contributed by atoms with van der Waals surface area (Å²) in [7, 11) is 2.79. The van der Waals surface area contributed by atoms with Crippen molar-refractivity contribution < 1.29 is 18.7 Å². The van der Waals surface area contributed by atoms with Crippen molar-refractivity contribution >= 4 is 11.5 Å². The predicted octanol–water partition coefficient (Wildman–Crippen LogP) is 2.73. The third kappa shape index (κ3) is 2.10. The van der Waals surface area contributed by atoms with Gasteiger partial charge >= 0.3 is 5.97 Å². The molecule has 0 saturated carbocycles. The third-order valence-corrected chi connectivity index (χ3v) is 3.22. The van der Waals surface area contributed by atoms with E-state index in [1.165, 1.54) is 20.3 Å². The summed E-state index contributed by atoms with van der Waals surface area (Å²) < 4.78 is 23.2. The highest BCUT2D eigenvalue weighted by molar-refractivity contribution is 5.89. The number of ether oxygens (including phenoxy) is 2. The first-order valence-electron chi connectivity index (χ1n) is 5.69. The molecule has 0 aliphatic heterocycles. The van der Waals surface area contributed by atoms with Crippen molar-refractivity contribution in [1.29, 1.82) is 0 Å². The van der Waals surface area contributed by atoms with Crippen LogP contribution >= 0.6 is 0 Å². The first-order chi connectivity index (χ1) is 8.56. The highest BCUT2D eigenvalue weighted by atomic mass is 19.1. The zero-order valence-corrected chi connectivity index (χ0v) is 10.7. The average Bonchev–Trinajstić information content (AvgIpc) is 2.64. The lowest BCUT2D eigenvalue weighted by atomic mass is 10.0. The maximum absolute atomic E-state index is 13.6. The van der Waals surface area contributed by atoms with Gasteiger partial charge in [0.15, 0.2) is 11.6 Å². The molecule has 18 heavy (non-hydrogen) atoms. The van der Waals surface area contributed by atoms with Crippen LogP contribution in [0.1, 0.15) is 24.5 Å². The summed E-state index contributed by atoms with van der Waals surface area (Å²) in [5.41, 5.74) is 3.76. The topological polar surface area (TPSA) is 35.5 Å². The number of methoxy groups -OCH3 is 2. The SMILES string of the molecule is COC(=O)CC1=C(C)Cc2cc(F)c(OC)cc21. The Bertz CT molecular complexity index is 532. The molecule has 0 amide bonds. The lowest BCUT2D eigenvalue weighted by Gasteiger charge is -2.08. The second-order valence-corrected chi connectivity index (χ2v) is 4.33. The van der Waals surface area contributed by atoms with Crippen LogP contribution in [0.2, 0.25) is 0 Å². The second kappa shape index (κ2) is 4.80. The van der Waals surface area contributed by atoms with Gasteiger partial charge in [-0.1, -0.05) is 5.57 Å². The number of benzene rings is 1. The van der Waals surface area contributed by atoms with Gasteiger partial charge in [0.2, 0.25) is 0 Å². The van der Waals surface area contributed by atoms with Gasteiger partial charge in [-0.15, -0.1) is 0 Å². The van der Waals surface area contributed by atoms with E-state index in [0.717, 1.165) is 22.3 Å². The van der Waals surface area contributed by atoms with Gasteiger partial charge < -0.3 is 9.47 Å². The molecule has 2 rings (SSSR count). The molecule has 0 heterocycles. The Morgan fingerprint density at radius 2 is 2.11 bits per heavy atom. The average molecular weight is 250 g/mol. The number of hydrogen-bond donors (Lipinski definition) is 0. The van der Waals surface area contributed by atoms with Gasteiger partial charge in [0, 0.05) is 0 Å². The Balaban J connectivity index is 2.41. The van der Waals surface area contributed by atoms with Crippen LogP contribution < -0.4 is 4.74 Å². The van der Waals surface area contributed by atoms with E-state index in [1.54, 1.807) is 6.07 Å². The minimum atomic E-state index is -0.372. The number of halogens is 1. The van der Waals surface area contributed by atoms with Gasteiger partial charge in [0.1, 0.15) is 0 Å². The maximum atomic E-state index is 13.6. The summed E-state index contributed by atoms with van der Waals surface area (Å²) in [5.74, 6) is -0.463. The maximum Gasteiger partial charge on any atom is 0.309 e. The first kappa shape index (κ1) is 12.6. The Hall–Kier alpha value is -1.84. The van der Waals surface area contributed by atoms with Crippen LogP contribution in [0.3, 0.4) is 0 Å². The first-order valence-corrected chi connectivity index (χ1v) is 5.69. The van der Waals surface area contributed by atoms with Crippen molar-refractivity contribution in [3.8, 4) is 5.75 Å². The Labute approximate surface area is 105 Å². The van der Waals surface area contributed by atoms with E-state index in [9.17, 15) is 9.18 Å². The van der Waals surface area contributed by atoms with E-state index in [2.05, 4.69) is 4.74 Å². The molecule has 1 aromatic rings. The van der Waals surface area contributed by atoms with Crippen LogP contribution in [0.15, 0.2) is 17.7 Å². The minimum Gasteiger partial charge on any atom is -0.494 e. The fourth-order valence-electron chi connectivity index (χ4n) is 2.26. The molecule has 0 atom stereocenters. The number of allylic oxidation sites excluding steroid dienone is 1. The summed E-state index contributed by atoms with van der Waals surface area (Å²) in [6.07, 6.45) is 0.882. The molecule has 1 aliphatic carbocycles. The summed E-state index contributed by atoms with van der Waals surface area (Å²) >= 11 is 0.